The Morgan fingerprint density at radius 1 is 0.774 bits per heavy atom. The van der Waals surface area contributed by atoms with Gasteiger partial charge in [-0.2, -0.15) is 0 Å². The summed E-state index contributed by atoms with van der Waals surface area (Å²) in [6.07, 6.45) is 12.6. The van der Waals surface area contributed by atoms with Crippen molar-refractivity contribution in [2.45, 2.75) is 91.4 Å². The quantitative estimate of drug-likeness (QED) is 0.128. The molecule has 0 aromatic carbocycles. The Hall–Kier alpha value is -0.210. The molecule has 0 heterocycles. The number of ether oxygens (including phenoxy) is 2. The highest BCUT2D eigenvalue weighted by Gasteiger charge is 2.33. The average Bonchev–Trinajstić information content (AvgIpc) is 2.65. The highest BCUT2D eigenvalue weighted by atomic mass is 32.2. The van der Waals surface area contributed by atoms with Gasteiger partial charge in [0.05, 0.1) is 55.9 Å². The SMILES string of the molecule is CCCCCCCOCC(C)(COCCCCCCC)C[N+](C)(C)CCCS(=O)(=O)[O-]. The third kappa shape index (κ3) is 20.1. The van der Waals surface area contributed by atoms with Crippen molar-refractivity contribution in [1.29, 1.82) is 0 Å². The molecule has 0 aliphatic rings. The van der Waals surface area contributed by atoms with Crippen LogP contribution < -0.4 is 0 Å². The molecule has 0 atom stereocenters. The van der Waals surface area contributed by atoms with Gasteiger partial charge in [0.2, 0.25) is 0 Å². The van der Waals surface area contributed by atoms with Crippen LogP contribution in [0.4, 0.5) is 0 Å². The first-order chi connectivity index (χ1) is 14.5. The summed E-state index contributed by atoms with van der Waals surface area (Å²) in [7, 11) is 0.0226. The summed E-state index contributed by atoms with van der Waals surface area (Å²) in [6.45, 7) is 10.9. The second kappa shape index (κ2) is 17.3. The summed E-state index contributed by atoms with van der Waals surface area (Å²) in [5.41, 5.74) is -0.146. The van der Waals surface area contributed by atoms with E-state index >= 15 is 0 Å². The van der Waals surface area contributed by atoms with Gasteiger partial charge in [0.25, 0.3) is 0 Å². The monoisotopic (exact) mass is 465 g/mol. The van der Waals surface area contributed by atoms with E-state index in [1.165, 1.54) is 51.4 Å². The number of hydrogen-bond donors (Lipinski definition) is 0. The van der Waals surface area contributed by atoms with Crippen LogP contribution in [0.2, 0.25) is 0 Å². The largest absolute Gasteiger partial charge is 0.748 e. The minimum Gasteiger partial charge on any atom is -0.748 e. The first kappa shape index (κ1) is 30.8. The summed E-state index contributed by atoms with van der Waals surface area (Å²) in [4.78, 5) is 0. The van der Waals surface area contributed by atoms with Gasteiger partial charge in [-0.15, -0.1) is 0 Å². The minimum atomic E-state index is -4.15. The molecule has 7 heteroatoms. The zero-order valence-electron chi connectivity index (χ0n) is 21.1. The first-order valence-corrected chi connectivity index (χ1v) is 14.0. The van der Waals surface area contributed by atoms with Crippen LogP contribution in [0.5, 0.6) is 0 Å². The van der Waals surface area contributed by atoms with Crippen LogP contribution in [0.25, 0.3) is 0 Å². The Balaban J connectivity index is 4.57. The van der Waals surface area contributed by atoms with Crippen LogP contribution in [0.15, 0.2) is 0 Å². The van der Waals surface area contributed by atoms with Crippen LogP contribution in [0.1, 0.15) is 91.4 Å². The predicted octanol–water partition coefficient (Wildman–Crippen LogP) is 4.98. The van der Waals surface area contributed by atoms with E-state index in [-0.39, 0.29) is 11.2 Å². The molecule has 0 aliphatic heterocycles. The third-order valence-electron chi connectivity index (χ3n) is 5.65. The van der Waals surface area contributed by atoms with E-state index in [4.69, 9.17) is 9.47 Å². The van der Waals surface area contributed by atoms with E-state index in [9.17, 15) is 13.0 Å². The molecule has 0 bridgehead atoms. The van der Waals surface area contributed by atoms with E-state index < -0.39 is 10.1 Å². The maximum absolute atomic E-state index is 10.9. The molecule has 188 valence electrons. The molecule has 31 heavy (non-hydrogen) atoms. The lowest BCUT2D eigenvalue weighted by molar-refractivity contribution is -0.897. The lowest BCUT2D eigenvalue weighted by Crippen LogP contribution is -2.51. The van der Waals surface area contributed by atoms with E-state index in [2.05, 4.69) is 34.9 Å². The Kier molecular flexibility index (Phi) is 17.2. The summed E-state index contributed by atoms with van der Waals surface area (Å²) >= 11 is 0. The Morgan fingerprint density at radius 3 is 1.65 bits per heavy atom. The first-order valence-electron chi connectivity index (χ1n) is 12.4. The Morgan fingerprint density at radius 2 is 1.23 bits per heavy atom. The summed E-state index contributed by atoms with van der Waals surface area (Å²) in [6, 6.07) is 0. The Bertz CT molecular complexity index is 504. The average molecular weight is 466 g/mol. The van der Waals surface area contributed by atoms with Gasteiger partial charge in [0.1, 0.15) is 0 Å². The molecule has 0 aromatic heterocycles. The van der Waals surface area contributed by atoms with Crippen LogP contribution in [0.3, 0.4) is 0 Å². The minimum absolute atomic E-state index is 0.146. The van der Waals surface area contributed by atoms with Gasteiger partial charge in [0, 0.05) is 25.4 Å². The lowest BCUT2D eigenvalue weighted by atomic mass is 9.91. The van der Waals surface area contributed by atoms with Gasteiger partial charge in [-0.05, 0) is 19.8 Å². The maximum Gasteiger partial charge on any atom is 0.0948 e. The molecule has 0 aromatic rings. The molecule has 0 amide bonds. The molecule has 0 spiro atoms. The van der Waals surface area contributed by atoms with Gasteiger partial charge in [-0.1, -0.05) is 65.2 Å². The summed E-state index contributed by atoms with van der Waals surface area (Å²) in [5, 5.41) is 0. The van der Waals surface area contributed by atoms with Crippen LogP contribution in [0, 0.1) is 5.41 Å². The van der Waals surface area contributed by atoms with Gasteiger partial charge >= 0.3 is 0 Å². The summed E-state index contributed by atoms with van der Waals surface area (Å²) in [5.74, 6) is -0.298. The normalized spacial score (nSPS) is 13.1. The molecule has 0 rings (SSSR count). The van der Waals surface area contributed by atoms with Crippen LogP contribution in [-0.2, 0) is 19.6 Å². The van der Waals surface area contributed by atoms with Crippen molar-refractivity contribution in [2.75, 3.05) is 59.4 Å². The lowest BCUT2D eigenvalue weighted by Gasteiger charge is -2.39. The predicted molar refractivity (Wildman–Crippen MR) is 128 cm³/mol. The van der Waals surface area contributed by atoms with Crippen molar-refractivity contribution in [3.8, 4) is 0 Å². The zero-order valence-corrected chi connectivity index (χ0v) is 21.9. The van der Waals surface area contributed by atoms with Gasteiger partial charge < -0.3 is 18.5 Å². The molecule has 0 fully saturated rings. The molecular weight excluding hydrogens is 414 g/mol. The van der Waals surface area contributed by atoms with Crippen molar-refractivity contribution in [1.82, 2.24) is 0 Å². The molecule has 6 nitrogen and oxygen atoms in total. The van der Waals surface area contributed by atoms with E-state index in [0.717, 1.165) is 32.6 Å². The highest BCUT2D eigenvalue weighted by molar-refractivity contribution is 7.85. The van der Waals surface area contributed by atoms with Crippen molar-refractivity contribution >= 4 is 10.1 Å². The number of hydrogen-bond acceptors (Lipinski definition) is 5. The van der Waals surface area contributed by atoms with Gasteiger partial charge in [-0.25, -0.2) is 8.42 Å². The van der Waals surface area contributed by atoms with Crippen molar-refractivity contribution < 1.29 is 26.9 Å². The number of rotatable bonds is 22. The van der Waals surface area contributed by atoms with Crippen LogP contribution >= 0.6 is 0 Å². The maximum atomic E-state index is 10.9. The molecule has 0 radical (unpaired) electrons. The molecule has 0 saturated heterocycles. The third-order valence-corrected chi connectivity index (χ3v) is 6.44. The topological polar surface area (TPSA) is 75.7 Å². The second-order valence-corrected chi connectivity index (χ2v) is 11.7. The van der Waals surface area contributed by atoms with Gasteiger partial charge in [0.15, 0.2) is 0 Å². The standard InChI is InChI=1S/C24H51NO5S/c1-6-8-10-12-14-18-29-22-24(3,23-30-19-15-13-11-9-7-2)21-25(4,5)17-16-20-31(26,27)28/h6-23H2,1-5H3. The summed E-state index contributed by atoms with van der Waals surface area (Å²) < 4.78 is 45.6. The van der Waals surface area contributed by atoms with E-state index in [0.29, 0.717) is 30.7 Å². The van der Waals surface area contributed by atoms with Gasteiger partial charge in [-0.3, -0.25) is 0 Å². The molecular formula is C24H51NO5S. The van der Waals surface area contributed by atoms with Crippen LogP contribution in [-0.4, -0.2) is 76.8 Å². The molecule has 0 saturated carbocycles. The fraction of sp³-hybridized carbons (Fsp3) is 1.00. The number of unbranched alkanes of at least 4 members (excludes halogenated alkanes) is 8. The Labute approximate surface area is 193 Å². The zero-order chi connectivity index (χ0) is 23.6. The molecule has 0 unspecified atom stereocenters. The van der Waals surface area contributed by atoms with Crippen molar-refractivity contribution in [3.05, 3.63) is 0 Å². The van der Waals surface area contributed by atoms with Crippen molar-refractivity contribution in [2.24, 2.45) is 5.41 Å². The molecule has 0 aliphatic carbocycles. The fourth-order valence-electron chi connectivity index (χ4n) is 4.17. The smallest absolute Gasteiger partial charge is 0.0948 e. The highest BCUT2D eigenvalue weighted by Crippen LogP contribution is 2.23. The number of nitrogens with zero attached hydrogens (tertiary/aromatic N) is 1. The van der Waals surface area contributed by atoms with E-state index in [1.54, 1.807) is 0 Å². The number of quaternary nitrogens is 1. The van der Waals surface area contributed by atoms with Crippen molar-refractivity contribution in [3.63, 3.8) is 0 Å². The second-order valence-electron chi connectivity index (χ2n) is 10.2. The molecule has 0 N–H and O–H groups in total. The fourth-order valence-corrected chi connectivity index (χ4v) is 4.65. The van der Waals surface area contributed by atoms with E-state index in [1.807, 2.05) is 0 Å².